The number of hydrogen-bond acceptors (Lipinski definition) is 2. The highest BCUT2D eigenvalue weighted by atomic mass is 16.2. The Kier molecular flexibility index (Phi) is 3.38. The molecular formula is C11H12O2. The molecule has 68 valence electrons. The predicted octanol–water partition coefficient (Wildman–Crippen LogP) is 1.70. The van der Waals surface area contributed by atoms with Crippen molar-refractivity contribution in [2.45, 2.75) is 19.8 Å². The fourth-order valence-electron chi connectivity index (χ4n) is 1.21. The summed E-state index contributed by atoms with van der Waals surface area (Å²) < 4.78 is 0. The minimum Gasteiger partial charge on any atom is -0.295 e. The van der Waals surface area contributed by atoms with Gasteiger partial charge in [0.15, 0.2) is 12.1 Å². The third-order valence-corrected chi connectivity index (χ3v) is 2.03. The van der Waals surface area contributed by atoms with E-state index in [0.29, 0.717) is 19.1 Å². The van der Waals surface area contributed by atoms with Gasteiger partial charge in [-0.3, -0.25) is 9.59 Å². The van der Waals surface area contributed by atoms with Gasteiger partial charge in [0, 0.05) is 6.42 Å². The molecule has 0 saturated carbocycles. The lowest BCUT2D eigenvalue weighted by Gasteiger charge is -2.02. The van der Waals surface area contributed by atoms with Crippen molar-refractivity contribution < 1.29 is 9.59 Å². The van der Waals surface area contributed by atoms with Gasteiger partial charge in [-0.05, 0) is 24.5 Å². The molecule has 0 fully saturated rings. The van der Waals surface area contributed by atoms with Crippen LogP contribution in [0.25, 0.3) is 0 Å². The number of benzene rings is 1. The average Bonchev–Trinajstić information content (AvgIpc) is 2.16. The Hall–Kier alpha value is -1.44. The topological polar surface area (TPSA) is 34.1 Å². The van der Waals surface area contributed by atoms with Gasteiger partial charge in [0.2, 0.25) is 0 Å². The summed E-state index contributed by atoms with van der Waals surface area (Å²) in [6.07, 6.45) is 1.36. The zero-order valence-corrected chi connectivity index (χ0v) is 7.62. The molecule has 0 aliphatic heterocycles. The van der Waals surface area contributed by atoms with Crippen molar-refractivity contribution in [1.29, 1.82) is 0 Å². The number of carbonyl (C=O) groups is 2. The maximum atomic E-state index is 10.7. The van der Waals surface area contributed by atoms with E-state index in [-0.39, 0.29) is 5.78 Å². The molecule has 0 aliphatic carbocycles. The van der Waals surface area contributed by atoms with Crippen molar-refractivity contribution >= 4 is 12.1 Å². The zero-order chi connectivity index (χ0) is 9.68. The summed E-state index contributed by atoms with van der Waals surface area (Å²) >= 11 is 0. The van der Waals surface area contributed by atoms with Crippen molar-refractivity contribution in [2.24, 2.45) is 0 Å². The summed E-state index contributed by atoms with van der Waals surface area (Å²) in [6, 6.07) is 7.88. The molecule has 0 saturated heterocycles. The van der Waals surface area contributed by atoms with E-state index in [9.17, 15) is 9.59 Å². The van der Waals surface area contributed by atoms with Gasteiger partial charge in [-0.1, -0.05) is 24.3 Å². The standard InChI is InChI=1S/C11H12O2/c1-9-4-2-3-5-10(9)6-7-11(13)8-12/h2-5,8H,6-7H2,1H3. The number of aldehydes is 1. The number of ketones is 1. The molecule has 0 N–H and O–H groups in total. The summed E-state index contributed by atoms with van der Waals surface area (Å²) in [6.45, 7) is 2.00. The molecule has 0 unspecified atom stereocenters. The second-order valence-electron chi connectivity index (χ2n) is 3.01. The Morgan fingerprint density at radius 1 is 1.38 bits per heavy atom. The van der Waals surface area contributed by atoms with Crippen LogP contribution in [0, 0.1) is 6.92 Å². The smallest absolute Gasteiger partial charge is 0.195 e. The van der Waals surface area contributed by atoms with E-state index in [1.165, 1.54) is 5.56 Å². The highest BCUT2D eigenvalue weighted by Crippen LogP contribution is 2.09. The van der Waals surface area contributed by atoms with E-state index < -0.39 is 0 Å². The Morgan fingerprint density at radius 2 is 2.08 bits per heavy atom. The fourth-order valence-corrected chi connectivity index (χ4v) is 1.21. The van der Waals surface area contributed by atoms with Crippen molar-refractivity contribution in [1.82, 2.24) is 0 Å². The van der Waals surface area contributed by atoms with Crippen LogP contribution in [0.3, 0.4) is 0 Å². The molecule has 0 spiro atoms. The molecule has 2 heteroatoms. The first-order chi connectivity index (χ1) is 6.24. The Bertz CT molecular complexity index is 316. The molecule has 1 aromatic carbocycles. The number of Topliss-reactive ketones (excluding diaryl/α,β-unsaturated/α-hetero) is 1. The second-order valence-corrected chi connectivity index (χ2v) is 3.01. The molecule has 0 bridgehead atoms. The fraction of sp³-hybridized carbons (Fsp3) is 0.273. The van der Waals surface area contributed by atoms with Crippen LogP contribution in [0.5, 0.6) is 0 Å². The lowest BCUT2D eigenvalue weighted by Crippen LogP contribution is -2.01. The minimum absolute atomic E-state index is 0.314. The van der Waals surface area contributed by atoms with E-state index in [0.717, 1.165) is 5.56 Å². The molecular weight excluding hydrogens is 164 g/mol. The molecule has 0 heterocycles. The maximum Gasteiger partial charge on any atom is 0.195 e. The summed E-state index contributed by atoms with van der Waals surface area (Å²) in [5.74, 6) is -0.330. The lowest BCUT2D eigenvalue weighted by molar-refractivity contribution is -0.129. The predicted molar refractivity (Wildman–Crippen MR) is 50.6 cm³/mol. The molecule has 0 atom stereocenters. The first kappa shape index (κ1) is 9.65. The quantitative estimate of drug-likeness (QED) is 0.517. The molecule has 0 radical (unpaired) electrons. The van der Waals surface area contributed by atoms with Gasteiger partial charge in [0.05, 0.1) is 0 Å². The Labute approximate surface area is 77.6 Å². The first-order valence-corrected chi connectivity index (χ1v) is 4.26. The van der Waals surface area contributed by atoms with Crippen LogP contribution in [0.15, 0.2) is 24.3 Å². The van der Waals surface area contributed by atoms with Crippen LogP contribution >= 0.6 is 0 Å². The van der Waals surface area contributed by atoms with Gasteiger partial charge in [0.25, 0.3) is 0 Å². The van der Waals surface area contributed by atoms with Crippen LogP contribution in [0.4, 0.5) is 0 Å². The molecule has 2 nitrogen and oxygen atoms in total. The highest BCUT2D eigenvalue weighted by Gasteiger charge is 2.01. The first-order valence-electron chi connectivity index (χ1n) is 4.26. The van der Waals surface area contributed by atoms with E-state index in [4.69, 9.17) is 0 Å². The van der Waals surface area contributed by atoms with Crippen LogP contribution < -0.4 is 0 Å². The minimum atomic E-state index is -0.330. The van der Waals surface area contributed by atoms with E-state index in [1.807, 2.05) is 31.2 Å². The number of rotatable bonds is 4. The highest BCUT2D eigenvalue weighted by molar-refractivity contribution is 6.24. The number of carbonyl (C=O) groups excluding carboxylic acids is 2. The molecule has 1 rings (SSSR count). The monoisotopic (exact) mass is 176 g/mol. The molecule has 0 amide bonds. The van der Waals surface area contributed by atoms with Crippen LogP contribution in [-0.4, -0.2) is 12.1 Å². The second kappa shape index (κ2) is 4.55. The van der Waals surface area contributed by atoms with Gasteiger partial charge >= 0.3 is 0 Å². The summed E-state index contributed by atoms with van der Waals surface area (Å²) in [5.41, 5.74) is 2.30. The Balaban J connectivity index is 2.59. The molecule has 13 heavy (non-hydrogen) atoms. The zero-order valence-electron chi connectivity index (χ0n) is 7.62. The SMILES string of the molecule is Cc1ccccc1CCC(=O)C=O. The molecule has 1 aromatic rings. The largest absolute Gasteiger partial charge is 0.295 e. The van der Waals surface area contributed by atoms with Crippen molar-refractivity contribution in [3.8, 4) is 0 Å². The van der Waals surface area contributed by atoms with E-state index in [1.54, 1.807) is 0 Å². The van der Waals surface area contributed by atoms with E-state index >= 15 is 0 Å². The van der Waals surface area contributed by atoms with Gasteiger partial charge in [-0.2, -0.15) is 0 Å². The summed E-state index contributed by atoms with van der Waals surface area (Å²) in [7, 11) is 0. The lowest BCUT2D eigenvalue weighted by atomic mass is 10.0. The van der Waals surface area contributed by atoms with Gasteiger partial charge in [0.1, 0.15) is 0 Å². The van der Waals surface area contributed by atoms with Gasteiger partial charge in [-0.25, -0.2) is 0 Å². The normalized spacial score (nSPS) is 9.62. The third-order valence-electron chi connectivity index (χ3n) is 2.03. The molecule has 0 aromatic heterocycles. The number of aryl methyl sites for hydroxylation is 2. The summed E-state index contributed by atoms with van der Waals surface area (Å²) in [4.78, 5) is 20.8. The van der Waals surface area contributed by atoms with Crippen LogP contribution in [0.2, 0.25) is 0 Å². The van der Waals surface area contributed by atoms with E-state index in [2.05, 4.69) is 0 Å². The summed E-state index contributed by atoms with van der Waals surface area (Å²) in [5, 5.41) is 0. The van der Waals surface area contributed by atoms with Crippen molar-refractivity contribution in [2.75, 3.05) is 0 Å². The van der Waals surface area contributed by atoms with Gasteiger partial charge in [-0.15, -0.1) is 0 Å². The average molecular weight is 176 g/mol. The van der Waals surface area contributed by atoms with Crippen molar-refractivity contribution in [3.05, 3.63) is 35.4 Å². The molecule has 0 aliphatic rings. The van der Waals surface area contributed by atoms with Gasteiger partial charge < -0.3 is 0 Å². The van der Waals surface area contributed by atoms with Crippen LogP contribution in [0.1, 0.15) is 17.5 Å². The number of hydrogen-bond donors (Lipinski definition) is 0. The van der Waals surface area contributed by atoms with Crippen molar-refractivity contribution in [3.63, 3.8) is 0 Å². The van der Waals surface area contributed by atoms with Crippen LogP contribution in [-0.2, 0) is 16.0 Å². The maximum absolute atomic E-state index is 10.7. The Morgan fingerprint density at radius 3 is 2.69 bits per heavy atom. The third kappa shape index (κ3) is 2.82.